The first-order valence-corrected chi connectivity index (χ1v) is 7.27. The molecule has 0 aliphatic rings. The van der Waals surface area contributed by atoms with Gasteiger partial charge in [0.2, 0.25) is 5.91 Å². The van der Waals surface area contributed by atoms with Crippen molar-refractivity contribution in [2.75, 3.05) is 12.4 Å². The molecular weight excluding hydrogens is 335 g/mol. The normalized spacial score (nSPS) is 11.0. The molecule has 132 valence electrons. The number of amides is 1. The molecule has 0 fully saturated rings. The molecule has 2 rings (SSSR count). The summed E-state index contributed by atoms with van der Waals surface area (Å²) in [6.45, 7) is -1.22. The fourth-order valence-corrected chi connectivity index (χ4v) is 2.06. The van der Waals surface area contributed by atoms with Crippen molar-refractivity contribution in [1.82, 2.24) is 0 Å². The molecule has 1 amide bonds. The Morgan fingerprint density at radius 2 is 1.92 bits per heavy atom. The Labute approximate surface area is 142 Å². The fraction of sp³-hybridized carbons (Fsp3) is 0.167. The molecule has 0 bridgehead atoms. The van der Waals surface area contributed by atoms with E-state index >= 15 is 0 Å². The van der Waals surface area contributed by atoms with Gasteiger partial charge in [-0.25, -0.2) is 4.39 Å². The average molecular weight is 351 g/mol. The number of aryl methyl sites for hydroxylation is 1. The molecule has 0 heterocycles. The van der Waals surface area contributed by atoms with E-state index in [9.17, 15) is 18.0 Å². The number of halogens is 3. The standard InChI is InChI=1S/C18H16F3NO3/c1-11-3-6-13(19)10-14(11)22-17(23)8-5-12-4-7-15(25-18(20)21)16(9-12)24-2/h3-10,18H,1-2H3,(H,22,23)/b8-5+. The van der Waals surface area contributed by atoms with Crippen molar-refractivity contribution in [3.63, 3.8) is 0 Å². The molecular formula is C18H16F3NO3. The van der Waals surface area contributed by atoms with Gasteiger partial charge in [-0.2, -0.15) is 8.78 Å². The van der Waals surface area contributed by atoms with Crippen LogP contribution in [-0.4, -0.2) is 19.6 Å². The molecule has 0 saturated heterocycles. The maximum Gasteiger partial charge on any atom is 0.387 e. The number of alkyl halides is 2. The highest BCUT2D eigenvalue weighted by Crippen LogP contribution is 2.29. The van der Waals surface area contributed by atoms with Crippen molar-refractivity contribution in [2.24, 2.45) is 0 Å². The van der Waals surface area contributed by atoms with Gasteiger partial charge in [-0.05, 0) is 48.4 Å². The van der Waals surface area contributed by atoms with Crippen LogP contribution >= 0.6 is 0 Å². The molecule has 0 aliphatic heterocycles. The molecule has 0 unspecified atom stereocenters. The van der Waals surface area contributed by atoms with Crippen LogP contribution in [-0.2, 0) is 4.79 Å². The van der Waals surface area contributed by atoms with Crippen LogP contribution in [0.2, 0.25) is 0 Å². The number of hydrogen-bond acceptors (Lipinski definition) is 3. The zero-order valence-corrected chi connectivity index (χ0v) is 13.6. The van der Waals surface area contributed by atoms with E-state index in [-0.39, 0.29) is 11.5 Å². The average Bonchev–Trinajstić information content (AvgIpc) is 2.56. The number of carbonyl (C=O) groups is 1. The lowest BCUT2D eigenvalue weighted by molar-refractivity contribution is -0.111. The summed E-state index contributed by atoms with van der Waals surface area (Å²) in [7, 11) is 1.32. The molecule has 7 heteroatoms. The number of nitrogens with one attached hydrogen (secondary N) is 1. The highest BCUT2D eigenvalue weighted by Gasteiger charge is 2.10. The van der Waals surface area contributed by atoms with Crippen LogP contribution in [0, 0.1) is 12.7 Å². The molecule has 2 aromatic carbocycles. The van der Waals surface area contributed by atoms with Crippen LogP contribution in [0.1, 0.15) is 11.1 Å². The van der Waals surface area contributed by atoms with Gasteiger partial charge in [-0.1, -0.05) is 12.1 Å². The predicted molar refractivity (Wildman–Crippen MR) is 88.4 cm³/mol. The molecule has 1 N–H and O–H groups in total. The lowest BCUT2D eigenvalue weighted by Gasteiger charge is -2.10. The number of benzene rings is 2. The summed E-state index contributed by atoms with van der Waals surface area (Å²) in [6, 6.07) is 8.35. The van der Waals surface area contributed by atoms with Gasteiger partial charge in [0.25, 0.3) is 0 Å². The monoisotopic (exact) mass is 351 g/mol. The lowest BCUT2D eigenvalue weighted by atomic mass is 10.1. The van der Waals surface area contributed by atoms with Crippen LogP contribution in [0.3, 0.4) is 0 Å². The molecule has 0 spiro atoms. The molecule has 0 radical (unpaired) electrons. The third kappa shape index (κ3) is 5.27. The number of rotatable bonds is 6. The van der Waals surface area contributed by atoms with E-state index in [2.05, 4.69) is 10.1 Å². The second-order valence-electron chi connectivity index (χ2n) is 5.07. The highest BCUT2D eigenvalue weighted by atomic mass is 19.3. The SMILES string of the molecule is COc1cc(/C=C/C(=O)Nc2cc(F)ccc2C)ccc1OC(F)F. The van der Waals surface area contributed by atoms with Crippen molar-refractivity contribution in [1.29, 1.82) is 0 Å². The Bertz CT molecular complexity index is 791. The van der Waals surface area contributed by atoms with Crippen molar-refractivity contribution in [3.8, 4) is 11.5 Å². The van der Waals surface area contributed by atoms with Gasteiger partial charge in [0.05, 0.1) is 7.11 Å². The molecule has 2 aromatic rings. The van der Waals surface area contributed by atoms with Gasteiger partial charge in [0.1, 0.15) is 5.82 Å². The Morgan fingerprint density at radius 1 is 1.16 bits per heavy atom. The van der Waals surface area contributed by atoms with E-state index in [0.29, 0.717) is 11.3 Å². The summed E-state index contributed by atoms with van der Waals surface area (Å²) in [5.74, 6) is -0.900. The zero-order valence-electron chi connectivity index (χ0n) is 13.6. The van der Waals surface area contributed by atoms with Crippen molar-refractivity contribution >= 4 is 17.7 Å². The summed E-state index contributed by atoms with van der Waals surface area (Å²) in [4.78, 5) is 11.9. The topological polar surface area (TPSA) is 47.6 Å². The number of anilines is 1. The third-order valence-corrected chi connectivity index (χ3v) is 3.29. The zero-order chi connectivity index (χ0) is 18.4. The Morgan fingerprint density at radius 3 is 2.60 bits per heavy atom. The van der Waals surface area contributed by atoms with Crippen molar-refractivity contribution < 1.29 is 27.4 Å². The molecule has 0 aliphatic carbocycles. The maximum absolute atomic E-state index is 13.2. The van der Waals surface area contributed by atoms with Gasteiger partial charge in [-0.3, -0.25) is 4.79 Å². The molecule has 0 saturated carbocycles. The maximum atomic E-state index is 13.2. The van der Waals surface area contributed by atoms with Crippen LogP contribution < -0.4 is 14.8 Å². The molecule has 0 atom stereocenters. The van der Waals surface area contributed by atoms with E-state index in [0.717, 1.165) is 5.56 Å². The smallest absolute Gasteiger partial charge is 0.387 e. The highest BCUT2D eigenvalue weighted by molar-refractivity contribution is 6.02. The minimum absolute atomic E-state index is 0.102. The summed E-state index contributed by atoms with van der Waals surface area (Å²) in [5.41, 5.74) is 1.64. The molecule has 25 heavy (non-hydrogen) atoms. The minimum Gasteiger partial charge on any atom is -0.493 e. The first kappa shape index (κ1) is 18.4. The minimum atomic E-state index is -2.96. The second kappa shape index (κ2) is 8.23. The number of carbonyl (C=O) groups excluding carboxylic acids is 1. The van der Waals surface area contributed by atoms with Crippen LogP contribution in [0.15, 0.2) is 42.5 Å². The summed E-state index contributed by atoms with van der Waals surface area (Å²) in [5, 5.41) is 2.57. The van der Waals surface area contributed by atoms with Crippen LogP contribution in [0.4, 0.5) is 18.9 Å². The number of ether oxygens (including phenoxy) is 2. The Hall–Kier alpha value is -2.96. The van der Waals surface area contributed by atoms with E-state index in [1.807, 2.05) is 0 Å². The first-order chi connectivity index (χ1) is 11.9. The molecule has 0 aromatic heterocycles. The number of methoxy groups -OCH3 is 1. The first-order valence-electron chi connectivity index (χ1n) is 7.27. The molecule has 4 nitrogen and oxygen atoms in total. The largest absolute Gasteiger partial charge is 0.493 e. The van der Waals surface area contributed by atoms with Crippen molar-refractivity contribution in [3.05, 3.63) is 59.4 Å². The summed E-state index contributed by atoms with van der Waals surface area (Å²) in [6.07, 6.45) is 2.71. The van der Waals surface area contributed by atoms with Crippen LogP contribution in [0.25, 0.3) is 6.08 Å². The van der Waals surface area contributed by atoms with Gasteiger partial charge < -0.3 is 14.8 Å². The number of hydrogen-bond donors (Lipinski definition) is 1. The second-order valence-corrected chi connectivity index (χ2v) is 5.07. The van der Waals surface area contributed by atoms with Gasteiger partial charge >= 0.3 is 6.61 Å². The van der Waals surface area contributed by atoms with E-state index < -0.39 is 18.3 Å². The van der Waals surface area contributed by atoms with Gasteiger partial charge in [-0.15, -0.1) is 0 Å². The Kier molecular flexibility index (Phi) is 6.05. The van der Waals surface area contributed by atoms with Crippen molar-refractivity contribution in [2.45, 2.75) is 13.5 Å². The van der Waals surface area contributed by atoms with E-state index in [1.54, 1.807) is 13.0 Å². The van der Waals surface area contributed by atoms with Gasteiger partial charge in [0, 0.05) is 11.8 Å². The quantitative estimate of drug-likeness (QED) is 0.785. The summed E-state index contributed by atoms with van der Waals surface area (Å²) >= 11 is 0. The lowest BCUT2D eigenvalue weighted by Crippen LogP contribution is -2.09. The third-order valence-electron chi connectivity index (χ3n) is 3.29. The van der Waals surface area contributed by atoms with Gasteiger partial charge in [0.15, 0.2) is 11.5 Å². The summed E-state index contributed by atoms with van der Waals surface area (Å²) < 4.78 is 47.1. The fourth-order valence-electron chi connectivity index (χ4n) is 2.06. The van der Waals surface area contributed by atoms with E-state index in [4.69, 9.17) is 4.74 Å². The Balaban J connectivity index is 2.10. The predicted octanol–water partition coefficient (Wildman–Crippen LogP) is 4.40. The van der Waals surface area contributed by atoms with E-state index in [1.165, 1.54) is 49.6 Å². The van der Waals surface area contributed by atoms with Crippen LogP contribution in [0.5, 0.6) is 11.5 Å².